The van der Waals surface area contributed by atoms with Gasteiger partial charge in [-0.2, -0.15) is 0 Å². The van der Waals surface area contributed by atoms with E-state index >= 15 is 0 Å². The Balaban J connectivity index is 0.00000220. The predicted octanol–water partition coefficient (Wildman–Crippen LogP) is 2.80. The summed E-state index contributed by atoms with van der Waals surface area (Å²) in [6.45, 7) is 1.82. The quantitative estimate of drug-likeness (QED) is 0.799. The fourth-order valence-corrected chi connectivity index (χ4v) is 2.17. The van der Waals surface area contributed by atoms with Crippen LogP contribution in [-0.2, 0) is 20.0 Å². The fourth-order valence-electron chi connectivity index (χ4n) is 2.17. The van der Waals surface area contributed by atoms with E-state index in [2.05, 4.69) is 41.3 Å². The van der Waals surface area contributed by atoms with Gasteiger partial charge >= 0.3 is 0 Å². The lowest BCUT2D eigenvalue weighted by Crippen LogP contribution is -2.18. The monoisotopic (exact) mass is 310 g/mol. The molecule has 1 aromatic heterocycles. The van der Waals surface area contributed by atoms with Crippen LogP contribution >= 0.6 is 12.4 Å². The topological polar surface area (TPSA) is 35.4 Å². The molecule has 0 bridgehead atoms. The van der Waals surface area contributed by atoms with Gasteiger partial charge in [-0.25, -0.2) is 0 Å². The maximum absolute atomic E-state index is 5.31. The Morgan fingerprint density at radius 3 is 2.48 bits per heavy atom. The zero-order valence-corrected chi connectivity index (χ0v) is 13.6. The standard InChI is InChI=1S/C16H22N2O2.ClH/c1-18-10-4-5-14(18)12-17-9-8-13-6-7-15(19-2)16(11-13)20-3;/h4-7,10-11,17H,8-9,12H2,1-3H3;1H. The van der Waals surface area contributed by atoms with Crippen LogP contribution in [0.3, 0.4) is 0 Å². The minimum Gasteiger partial charge on any atom is -0.493 e. The highest BCUT2D eigenvalue weighted by molar-refractivity contribution is 5.85. The average Bonchev–Trinajstić information content (AvgIpc) is 2.88. The van der Waals surface area contributed by atoms with Crippen molar-refractivity contribution in [1.82, 2.24) is 9.88 Å². The number of hydrogen-bond donors (Lipinski definition) is 1. The van der Waals surface area contributed by atoms with Crippen LogP contribution in [0.4, 0.5) is 0 Å². The summed E-state index contributed by atoms with van der Waals surface area (Å²) in [5.74, 6) is 1.56. The number of benzene rings is 1. The highest BCUT2D eigenvalue weighted by atomic mass is 35.5. The summed E-state index contributed by atoms with van der Waals surface area (Å²) in [6, 6.07) is 10.2. The minimum atomic E-state index is 0. The third kappa shape index (κ3) is 4.69. The van der Waals surface area contributed by atoms with Crippen molar-refractivity contribution in [3.8, 4) is 11.5 Å². The molecule has 0 saturated carbocycles. The van der Waals surface area contributed by atoms with E-state index in [4.69, 9.17) is 9.47 Å². The molecule has 0 aliphatic heterocycles. The second-order valence-corrected chi connectivity index (χ2v) is 4.73. The fraction of sp³-hybridized carbons (Fsp3) is 0.375. The van der Waals surface area contributed by atoms with Gasteiger partial charge in [0.25, 0.3) is 0 Å². The van der Waals surface area contributed by atoms with Crippen molar-refractivity contribution in [1.29, 1.82) is 0 Å². The highest BCUT2D eigenvalue weighted by Gasteiger charge is 2.04. The molecule has 2 aromatic rings. The molecule has 0 amide bonds. The Morgan fingerprint density at radius 2 is 1.86 bits per heavy atom. The Kier molecular flexibility index (Phi) is 7.12. The SMILES string of the molecule is COc1ccc(CCNCc2cccn2C)cc1OC.Cl. The number of aryl methyl sites for hydroxylation is 1. The van der Waals surface area contributed by atoms with Crippen LogP contribution in [0.2, 0.25) is 0 Å². The van der Waals surface area contributed by atoms with Crippen LogP contribution in [0, 0.1) is 0 Å². The van der Waals surface area contributed by atoms with Crippen LogP contribution in [0.1, 0.15) is 11.3 Å². The summed E-state index contributed by atoms with van der Waals surface area (Å²) in [7, 11) is 5.37. The molecule has 0 spiro atoms. The zero-order chi connectivity index (χ0) is 14.4. The van der Waals surface area contributed by atoms with Gasteiger partial charge in [0.1, 0.15) is 0 Å². The molecular formula is C16H23ClN2O2. The molecule has 4 nitrogen and oxygen atoms in total. The molecule has 0 atom stereocenters. The van der Waals surface area contributed by atoms with Crippen molar-refractivity contribution >= 4 is 12.4 Å². The molecular weight excluding hydrogens is 288 g/mol. The van der Waals surface area contributed by atoms with Crippen molar-refractivity contribution in [2.24, 2.45) is 7.05 Å². The lowest BCUT2D eigenvalue weighted by Gasteiger charge is -2.10. The zero-order valence-electron chi connectivity index (χ0n) is 12.8. The van der Waals surface area contributed by atoms with Gasteiger partial charge in [0.05, 0.1) is 14.2 Å². The Morgan fingerprint density at radius 1 is 1.10 bits per heavy atom. The first-order valence-corrected chi connectivity index (χ1v) is 6.76. The predicted molar refractivity (Wildman–Crippen MR) is 87.6 cm³/mol. The summed E-state index contributed by atoms with van der Waals surface area (Å²) in [4.78, 5) is 0. The number of hydrogen-bond acceptors (Lipinski definition) is 3. The molecule has 5 heteroatoms. The molecule has 0 aliphatic rings. The normalized spacial score (nSPS) is 10.0. The molecule has 116 valence electrons. The van der Waals surface area contributed by atoms with Gasteiger partial charge in [-0.05, 0) is 42.8 Å². The first-order valence-electron chi connectivity index (χ1n) is 6.76. The molecule has 1 N–H and O–H groups in total. The average molecular weight is 311 g/mol. The summed E-state index contributed by atoms with van der Waals surface area (Å²) < 4.78 is 12.7. The van der Waals surface area contributed by atoms with Gasteiger partial charge < -0.3 is 19.4 Å². The van der Waals surface area contributed by atoms with Gasteiger partial charge in [-0.1, -0.05) is 6.07 Å². The lowest BCUT2D eigenvalue weighted by molar-refractivity contribution is 0.354. The number of ether oxygens (including phenoxy) is 2. The van der Waals surface area contributed by atoms with Crippen molar-refractivity contribution in [2.75, 3.05) is 20.8 Å². The van der Waals surface area contributed by atoms with E-state index in [0.29, 0.717) is 0 Å². The van der Waals surface area contributed by atoms with Gasteiger partial charge in [0.15, 0.2) is 11.5 Å². The smallest absolute Gasteiger partial charge is 0.160 e. The van der Waals surface area contributed by atoms with Crippen molar-refractivity contribution in [2.45, 2.75) is 13.0 Å². The van der Waals surface area contributed by atoms with E-state index < -0.39 is 0 Å². The maximum atomic E-state index is 5.31. The molecule has 0 fully saturated rings. The molecule has 0 aliphatic carbocycles. The number of rotatable bonds is 7. The highest BCUT2D eigenvalue weighted by Crippen LogP contribution is 2.27. The van der Waals surface area contributed by atoms with E-state index in [9.17, 15) is 0 Å². The summed E-state index contributed by atoms with van der Waals surface area (Å²) in [5, 5.41) is 3.45. The van der Waals surface area contributed by atoms with Crippen molar-refractivity contribution in [3.63, 3.8) is 0 Å². The summed E-state index contributed by atoms with van der Waals surface area (Å²) in [6.07, 6.45) is 3.02. The second-order valence-electron chi connectivity index (χ2n) is 4.73. The van der Waals surface area contributed by atoms with Gasteiger partial charge in [0, 0.05) is 25.5 Å². The van der Waals surface area contributed by atoms with E-state index in [0.717, 1.165) is 31.0 Å². The second kappa shape index (κ2) is 8.60. The molecule has 21 heavy (non-hydrogen) atoms. The van der Waals surface area contributed by atoms with E-state index in [1.54, 1.807) is 14.2 Å². The number of nitrogens with zero attached hydrogens (tertiary/aromatic N) is 1. The van der Waals surface area contributed by atoms with Crippen LogP contribution < -0.4 is 14.8 Å². The molecule has 1 aromatic carbocycles. The van der Waals surface area contributed by atoms with Crippen LogP contribution in [0.25, 0.3) is 0 Å². The van der Waals surface area contributed by atoms with Crippen LogP contribution in [0.15, 0.2) is 36.5 Å². The summed E-state index contributed by atoms with van der Waals surface area (Å²) >= 11 is 0. The largest absolute Gasteiger partial charge is 0.493 e. The first-order chi connectivity index (χ1) is 9.74. The number of methoxy groups -OCH3 is 2. The van der Waals surface area contributed by atoms with Gasteiger partial charge in [-0.15, -0.1) is 12.4 Å². The number of nitrogens with one attached hydrogen (secondary N) is 1. The van der Waals surface area contributed by atoms with Gasteiger partial charge in [-0.3, -0.25) is 0 Å². The first kappa shape index (κ1) is 17.4. The Labute approximate surface area is 132 Å². The molecule has 0 radical (unpaired) electrons. The number of aromatic nitrogens is 1. The minimum absolute atomic E-state index is 0. The third-order valence-electron chi connectivity index (χ3n) is 3.40. The van der Waals surface area contributed by atoms with Crippen LogP contribution in [0.5, 0.6) is 11.5 Å². The van der Waals surface area contributed by atoms with E-state index in [1.165, 1.54) is 11.3 Å². The molecule has 1 heterocycles. The maximum Gasteiger partial charge on any atom is 0.160 e. The van der Waals surface area contributed by atoms with Gasteiger partial charge in [0.2, 0.25) is 0 Å². The Bertz CT molecular complexity index is 555. The lowest BCUT2D eigenvalue weighted by atomic mass is 10.1. The molecule has 2 rings (SSSR count). The van der Waals surface area contributed by atoms with E-state index in [1.807, 2.05) is 12.1 Å². The van der Waals surface area contributed by atoms with Crippen molar-refractivity contribution < 1.29 is 9.47 Å². The van der Waals surface area contributed by atoms with Crippen LogP contribution in [-0.4, -0.2) is 25.3 Å². The van der Waals surface area contributed by atoms with E-state index in [-0.39, 0.29) is 12.4 Å². The number of halogens is 1. The molecule has 0 unspecified atom stereocenters. The third-order valence-corrected chi connectivity index (χ3v) is 3.40. The molecule has 0 saturated heterocycles. The summed E-state index contributed by atoms with van der Waals surface area (Å²) in [5.41, 5.74) is 2.53. The van der Waals surface area contributed by atoms with Crippen molar-refractivity contribution in [3.05, 3.63) is 47.8 Å². The Hall–Kier alpha value is -1.65.